The monoisotopic (exact) mass is 123 g/mol. The molecule has 51 valence electrons. The highest BCUT2D eigenvalue weighted by Gasteiger charge is 2.21. The van der Waals surface area contributed by atoms with Gasteiger partial charge in [-0.05, 0) is 30.3 Å². The van der Waals surface area contributed by atoms with Gasteiger partial charge in [0.15, 0.2) is 0 Å². The third kappa shape index (κ3) is 1.85. The van der Waals surface area contributed by atoms with Crippen LogP contribution in [0.25, 0.3) is 0 Å². The van der Waals surface area contributed by atoms with Gasteiger partial charge in [0.25, 0.3) is 0 Å². The minimum Gasteiger partial charge on any atom is -0.0782 e. The van der Waals surface area contributed by atoms with Crippen LogP contribution in [0.2, 0.25) is 0 Å². The van der Waals surface area contributed by atoms with Crippen LogP contribution in [0, 0.1) is 17.4 Å². The van der Waals surface area contributed by atoms with Crippen LogP contribution < -0.4 is 0 Å². The zero-order valence-electron chi connectivity index (χ0n) is 6.57. The molecule has 1 rings (SSSR count). The summed E-state index contributed by atoms with van der Waals surface area (Å²) in [5.41, 5.74) is 0.508. The molecule has 1 aliphatic rings. The first-order valence-corrected chi connectivity index (χ1v) is 3.67. The van der Waals surface area contributed by atoms with Gasteiger partial charge in [0.2, 0.25) is 0 Å². The number of allylic oxidation sites excluding steroid dienone is 2. The second-order valence-electron chi connectivity index (χ2n) is 3.89. The van der Waals surface area contributed by atoms with Crippen molar-refractivity contribution in [2.45, 2.75) is 33.6 Å². The predicted octanol–water partition coefficient (Wildman–Crippen LogP) is 2.80. The predicted molar refractivity (Wildman–Crippen MR) is 40.0 cm³/mol. The van der Waals surface area contributed by atoms with Crippen LogP contribution in [0.5, 0.6) is 0 Å². The van der Waals surface area contributed by atoms with E-state index in [1.165, 1.54) is 6.42 Å². The molecule has 0 N–H and O–H groups in total. The lowest BCUT2D eigenvalue weighted by Crippen LogP contribution is -2.17. The molecule has 0 spiro atoms. The standard InChI is InChI=1S/C9H15/c1-8-5-4-6-9(2,3)7-8/h5,8H,6-7H2,1-3H3. The SMILES string of the molecule is CC1C=[C]CC(C)(C)C1. The van der Waals surface area contributed by atoms with Gasteiger partial charge in [-0.2, -0.15) is 0 Å². The summed E-state index contributed by atoms with van der Waals surface area (Å²) in [6, 6.07) is 0. The van der Waals surface area contributed by atoms with Gasteiger partial charge in [-0.15, -0.1) is 0 Å². The van der Waals surface area contributed by atoms with E-state index in [2.05, 4.69) is 32.9 Å². The summed E-state index contributed by atoms with van der Waals surface area (Å²) in [7, 11) is 0. The Bertz CT molecular complexity index is 120. The Hall–Kier alpha value is -0.260. The quantitative estimate of drug-likeness (QED) is 0.464. The van der Waals surface area contributed by atoms with E-state index < -0.39 is 0 Å². The van der Waals surface area contributed by atoms with Crippen LogP contribution in [0.4, 0.5) is 0 Å². The molecular weight excluding hydrogens is 108 g/mol. The summed E-state index contributed by atoms with van der Waals surface area (Å²) >= 11 is 0. The number of rotatable bonds is 0. The zero-order chi connectivity index (χ0) is 6.91. The van der Waals surface area contributed by atoms with Gasteiger partial charge in [0.1, 0.15) is 0 Å². The Labute approximate surface area is 58.0 Å². The van der Waals surface area contributed by atoms with Gasteiger partial charge in [-0.25, -0.2) is 0 Å². The van der Waals surface area contributed by atoms with Gasteiger partial charge < -0.3 is 0 Å². The van der Waals surface area contributed by atoms with Crippen molar-refractivity contribution >= 4 is 0 Å². The molecule has 0 aliphatic heterocycles. The minimum atomic E-state index is 0.508. The largest absolute Gasteiger partial charge is 0.0782 e. The van der Waals surface area contributed by atoms with Crippen LogP contribution in [0.1, 0.15) is 33.6 Å². The smallest absolute Gasteiger partial charge is 0.0227 e. The molecule has 0 heteroatoms. The summed E-state index contributed by atoms with van der Waals surface area (Å²) in [6.45, 7) is 6.88. The molecule has 0 saturated carbocycles. The highest BCUT2D eigenvalue weighted by molar-refractivity contribution is 4.92. The van der Waals surface area contributed by atoms with Crippen LogP contribution >= 0.6 is 0 Å². The van der Waals surface area contributed by atoms with Gasteiger partial charge in [0.05, 0.1) is 0 Å². The molecule has 0 nitrogen and oxygen atoms in total. The number of hydrogen-bond donors (Lipinski definition) is 0. The molecule has 0 fully saturated rings. The maximum Gasteiger partial charge on any atom is -0.0227 e. The van der Waals surface area contributed by atoms with Crippen molar-refractivity contribution in [3.05, 3.63) is 12.2 Å². The van der Waals surface area contributed by atoms with Crippen molar-refractivity contribution < 1.29 is 0 Å². The molecule has 1 atom stereocenters. The lowest BCUT2D eigenvalue weighted by molar-refractivity contribution is 0.284. The fourth-order valence-electron chi connectivity index (χ4n) is 1.54. The molecular formula is C9H15. The van der Waals surface area contributed by atoms with Crippen molar-refractivity contribution in [2.75, 3.05) is 0 Å². The lowest BCUT2D eigenvalue weighted by Gasteiger charge is -2.28. The van der Waals surface area contributed by atoms with Gasteiger partial charge in [-0.1, -0.05) is 26.8 Å². The third-order valence-electron chi connectivity index (χ3n) is 1.86. The second kappa shape index (κ2) is 2.17. The van der Waals surface area contributed by atoms with E-state index in [9.17, 15) is 0 Å². The molecule has 0 heterocycles. The van der Waals surface area contributed by atoms with Gasteiger partial charge in [0, 0.05) is 0 Å². The van der Waals surface area contributed by atoms with Crippen LogP contribution in [-0.2, 0) is 0 Å². The molecule has 0 aromatic carbocycles. The van der Waals surface area contributed by atoms with E-state index in [0.29, 0.717) is 5.41 Å². The van der Waals surface area contributed by atoms with E-state index in [4.69, 9.17) is 0 Å². The highest BCUT2D eigenvalue weighted by Crippen LogP contribution is 2.33. The fraction of sp³-hybridized carbons (Fsp3) is 0.778. The molecule has 0 aromatic heterocycles. The second-order valence-corrected chi connectivity index (χ2v) is 3.89. The summed E-state index contributed by atoms with van der Waals surface area (Å²) in [5.74, 6) is 0.744. The Morgan fingerprint density at radius 1 is 1.56 bits per heavy atom. The van der Waals surface area contributed by atoms with E-state index >= 15 is 0 Å². The minimum absolute atomic E-state index is 0.508. The topological polar surface area (TPSA) is 0 Å². The molecule has 0 amide bonds. The van der Waals surface area contributed by atoms with Crippen LogP contribution in [0.15, 0.2) is 6.08 Å². The van der Waals surface area contributed by atoms with Crippen molar-refractivity contribution in [3.8, 4) is 0 Å². The van der Waals surface area contributed by atoms with E-state index in [1.54, 1.807) is 0 Å². The van der Waals surface area contributed by atoms with Crippen molar-refractivity contribution in [3.63, 3.8) is 0 Å². The first-order valence-electron chi connectivity index (χ1n) is 3.67. The zero-order valence-corrected chi connectivity index (χ0v) is 6.57. The first-order chi connectivity index (χ1) is 4.10. The summed E-state index contributed by atoms with van der Waals surface area (Å²) in [5, 5.41) is 0. The molecule has 0 aromatic rings. The van der Waals surface area contributed by atoms with E-state index in [-0.39, 0.29) is 0 Å². The summed E-state index contributed by atoms with van der Waals surface area (Å²) < 4.78 is 0. The molecule has 9 heavy (non-hydrogen) atoms. The first kappa shape index (κ1) is 6.85. The fourth-order valence-corrected chi connectivity index (χ4v) is 1.54. The summed E-state index contributed by atoms with van der Waals surface area (Å²) in [4.78, 5) is 0. The normalized spacial score (nSPS) is 32.6. The van der Waals surface area contributed by atoms with Gasteiger partial charge >= 0.3 is 0 Å². The van der Waals surface area contributed by atoms with Crippen LogP contribution in [-0.4, -0.2) is 0 Å². The van der Waals surface area contributed by atoms with Crippen LogP contribution in [0.3, 0.4) is 0 Å². The van der Waals surface area contributed by atoms with Crippen molar-refractivity contribution in [1.29, 1.82) is 0 Å². The summed E-state index contributed by atoms with van der Waals surface area (Å²) in [6.07, 6.45) is 7.96. The molecule has 0 saturated heterocycles. The molecule has 1 unspecified atom stereocenters. The van der Waals surface area contributed by atoms with Crippen molar-refractivity contribution in [2.24, 2.45) is 11.3 Å². The highest BCUT2D eigenvalue weighted by atomic mass is 14.3. The average molecular weight is 123 g/mol. The molecule has 1 radical (unpaired) electrons. The Kier molecular flexibility index (Phi) is 1.65. The Morgan fingerprint density at radius 3 is 2.56 bits per heavy atom. The molecule has 1 aliphatic carbocycles. The van der Waals surface area contributed by atoms with Crippen molar-refractivity contribution in [1.82, 2.24) is 0 Å². The van der Waals surface area contributed by atoms with Gasteiger partial charge in [-0.3, -0.25) is 0 Å². The lowest BCUT2D eigenvalue weighted by atomic mass is 9.77. The van der Waals surface area contributed by atoms with E-state index in [0.717, 1.165) is 12.3 Å². The number of hydrogen-bond acceptors (Lipinski definition) is 0. The average Bonchev–Trinajstić information content (AvgIpc) is 1.60. The Balaban J connectivity index is 2.58. The Morgan fingerprint density at radius 2 is 2.22 bits per heavy atom. The maximum atomic E-state index is 3.30. The third-order valence-corrected chi connectivity index (χ3v) is 1.86. The molecule has 0 bridgehead atoms. The van der Waals surface area contributed by atoms with E-state index in [1.807, 2.05) is 0 Å². The maximum absolute atomic E-state index is 3.30.